The second-order valence-electron chi connectivity index (χ2n) is 6.78. The van der Waals surface area contributed by atoms with E-state index in [1.807, 2.05) is 37.3 Å². The summed E-state index contributed by atoms with van der Waals surface area (Å²) in [7, 11) is 0. The minimum Gasteiger partial charge on any atom is -0.368 e. The van der Waals surface area contributed by atoms with Crippen molar-refractivity contribution in [3.63, 3.8) is 0 Å². The fraction of sp³-hybridized carbons (Fsp3) is 0.250. The number of rotatable bonds is 8. The minimum absolute atomic E-state index is 0.0192. The maximum Gasteiger partial charge on any atom is 0.315 e. The van der Waals surface area contributed by atoms with E-state index in [1.165, 1.54) is 6.33 Å². The highest BCUT2D eigenvalue weighted by molar-refractivity contribution is 6.33. The zero-order valence-electron chi connectivity index (χ0n) is 16.9. The fourth-order valence-corrected chi connectivity index (χ4v) is 3.19. The Kier molecular flexibility index (Phi) is 7.03. The van der Waals surface area contributed by atoms with Crippen molar-refractivity contribution >= 4 is 40.7 Å². The van der Waals surface area contributed by atoms with Gasteiger partial charge in [-0.1, -0.05) is 48.0 Å². The number of nitrogens with one attached hydrogen (secondary N) is 3. The second kappa shape index (κ2) is 9.90. The molecule has 10 nitrogen and oxygen atoms in total. The topological polar surface area (TPSA) is 140 Å². The van der Waals surface area contributed by atoms with Gasteiger partial charge >= 0.3 is 6.03 Å². The number of nitrogen functional groups attached to an aromatic ring is 1. The van der Waals surface area contributed by atoms with Crippen LogP contribution in [-0.4, -0.2) is 44.0 Å². The Morgan fingerprint density at radius 1 is 1.26 bits per heavy atom. The third kappa shape index (κ3) is 5.48. The van der Waals surface area contributed by atoms with E-state index in [-0.39, 0.29) is 30.2 Å². The van der Waals surface area contributed by atoms with Crippen molar-refractivity contribution in [2.24, 2.45) is 0 Å². The Balaban J connectivity index is 1.78. The van der Waals surface area contributed by atoms with Gasteiger partial charge in [0.2, 0.25) is 11.9 Å². The molecule has 0 saturated heterocycles. The van der Waals surface area contributed by atoms with Crippen LogP contribution in [0.4, 0.5) is 10.7 Å². The first kappa shape index (κ1) is 22.0. The molecule has 0 aliphatic carbocycles. The number of carbonyl (C=O) groups is 2. The third-order valence-electron chi connectivity index (χ3n) is 4.51. The van der Waals surface area contributed by atoms with Crippen molar-refractivity contribution in [2.45, 2.75) is 25.6 Å². The zero-order valence-corrected chi connectivity index (χ0v) is 17.6. The number of carbonyl (C=O) groups excluding carboxylic acids is 2. The number of hydrogen-bond donors (Lipinski definition) is 4. The number of imidazole rings is 1. The quantitative estimate of drug-likeness (QED) is 0.309. The smallest absolute Gasteiger partial charge is 0.315 e. The van der Waals surface area contributed by atoms with Crippen molar-refractivity contribution in [1.82, 2.24) is 35.5 Å². The summed E-state index contributed by atoms with van der Waals surface area (Å²) in [5, 5.41) is 8.33. The molecule has 0 bridgehead atoms. The lowest BCUT2D eigenvalue weighted by molar-refractivity contribution is -0.123. The molecular formula is C20H23ClN8O2. The molecule has 162 valence electrons. The van der Waals surface area contributed by atoms with Crippen LogP contribution in [0.5, 0.6) is 0 Å². The zero-order chi connectivity index (χ0) is 22.4. The minimum atomic E-state index is -0.921. The van der Waals surface area contributed by atoms with Gasteiger partial charge in [0.15, 0.2) is 10.8 Å². The van der Waals surface area contributed by atoms with Crippen LogP contribution < -0.4 is 21.7 Å². The molecule has 0 aliphatic rings. The van der Waals surface area contributed by atoms with Gasteiger partial charge in [-0.25, -0.2) is 9.78 Å². The summed E-state index contributed by atoms with van der Waals surface area (Å²) in [5.41, 5.74) is 7.33. The Morgan fingerprint density at radius 3 is 2.71 bits per heavy atom. The van der Waals surface area contributed by atoms with E-state index in [0.29, 0.717) is 11.2 Å². The van der Waals surface area contributed by atoms with E-state index in [9.17, 15) is 9.59 Å². The SMILES string of the molecule is C=CCNC(=O)[C@H](Cn1cnc2c(Cl)nc(N)nc21)NC(=O)N[C@H](C)c1ccccc1. The molecule has 11 heteroatoms. The summed E-state index contributed by atoms with van der Waals surface area (Å²) >= 11 is 6.07. The Morgan fingerprint density at radius 2 is 2.00 bits per heavy atom. The Labute approximate surface area is 183 Å². The summed E-state index contributed by atoms with van der Waals surface area (Å²) in [6.07, 6.45) is 3.01. The number of anilines is 1. The first-order valence-corrected chi connectivity index (χ1v) is 9.91. The first-order valence-electron chi connectivity index (χ1n) is 9.53. The van der Waals surface area contributed by atoms with Gasteiger partial charge in [-0.05, 0) is 12.5 Å². The normalized spacial score (nSPS) is 12.7. The van der Waals surface area contributed by atoms with Gasteiger partial charge in [-0.15, -0.1) is 6.58 Å². The maximum atomic E-state index is 12.7. The van der Waals surface area contributed by atoms with Gasteiger partial charge in [0.05, 0.1) is 18.9 Å². The molecule has 2 atom stereocenters. The molecule has 3 amide bonds. The summed E-state index contributed by atoms with van der Waals surface area (Å²) in [6, 6.07) is 7.82. The van der Waals surface area contributed by atoms with E-state index in [1.54, 1.807) is 10.6 Å². The van der Waals surface area contributed by atoms with Crippen LogP contribution in [0.25, 0.3) is 11.2 Å². The number of benzene rings is 1. The predicted octanol–water partition coefficient (Wildman–Crippen LogP) is 1.79. The molecule has 0 unspecified atom stereocenters. The predicted molar refractivity (Wildman–Crippen MR) is 118 cm³/mol. The van der Waals surface area contributed by atoms with Gasteiger partial charge in [-0.2, -0.15) is 9.97 Å². The number of aromatic nitrogens is 4. The highest BCUT2D eigenvalue weighted by atomic mass is 35.5. The number of hydrogen-bond acceptors (Lipinski definition) is 6. The molecule has 2 heterocycles. The molecule has 1 aromatic carbocycles. The lowest BCUT2D eigenvalue weighted by Gasteiger charge is -2.21. The summed E-state index contributed by atoms with van der Waals surface area (Å²) in [4.78, 5) is 37.5. The highest BCUT2D eigenvalue weighted by Crippen LogP contribution is 2.19. The molecule has 0 radical (unpaired) electrons. The summed E-state index contributed by atoms with van der Waals surface area (Å²) < 4.78 is 1.58. The molecule has 3 rings (SSSR count). The molecule has 31 heavy (non-hydrogen) atoms. The van der Waals surface area contributed by atoms with Crippen molar-refractivity contribution in [2.75, 3.05) is 12.3 Å². The molecule has 0 fully saturated rings. The first-order chi connectivity index (χ1) is 14.9. The average Bonchev–Trinajstić information content (AvgIpc) is 3.14. The summed E-state index contributed by atoms with van der Waals surface area (Å²) in [5.74, 6) is -0.410. The van der Waals surface area contributed by atoms with E-state index >= 15 is 0 Å². The lowest BCUT2D eigenvalue weighted by atomic mass is 10.1. The van der Waals surface area contributed by atoms with Crippen LogP contribution in [0.15, 0.2) is 49.3 Å². The Hall–Kier alpha value is -3.66. The average molecular weight is 443 g/mol. The molecule has 0 aliphatic heterocycles. The van der Waals surface area contributed by atoms with E-state index in [2.05, 4.69) is 37.5 Å². The molecule has 2 aromatic heterocycles. The van der Waals surface area contributed by atoms with Crippen molar-refractivity contribution in [3.05, 3.63) is 60.0 Å². The van der Waals surface area contributed by atoms with Crippen LogP contribution in [0.3, 0.4) is 0 Å². The highest BCUT2D eigenvalue weighted by Gasteiger charge is 2.23. The van der Waals surface area contributed by atoms with Crippen LogP contribution in [0, 0.1) is 0 Å². The maximum absolute atomic E-state index is 12.7. The number of amides is 3. The molecule has 5 N–H and O–H groups in total. The van der Waals surface area contributed by atoms with Crippen LogP contribution in [0.1, 0.15) is 18.5 Å². The number of nitrogens with two attached hydrogens (primary N) is 1. The fourth-order valence-electron chi connectivity index (χ4n) is 2.97. The van der Waals surface area contributed by atoms with Gasteiger partial charge in [-0.3, -0.25) is 4.79 Å². The van der Waals surface area contributed by atoms with Crippen LogP contribution in [-0.2, 0) is 11.3 Å². The van der Waals surface area contributed by atoms with Gasteiger partial charge in [0, 0.05) is 6.54 Å². The van der Waals surface area contributed by atoms with Crippen LogP contribution in [0.2, 0.25) is 5.15 Å². The van der Waals surface area contributed by atoms with E-state index in [4.69, 9.17) is 17.3 Å². The van der Waals surface area contributed by atoms with Gasteiger partial charge in [0.1, 0.15) is 11.6 Å². The van der Waals surface area contributed by atoms with Crippen molar-refractivity contribution in [1.29, 1.82) is 0 Å². The van der Waals surface area contributed by atoms with Crippen LogP contribution >= 0.6 is 11.6 Å². The van der Waals surface area contributed by atoms with Gasteiger partial charge < -0.3 is 26.3 Å². The molecule has 0 spiro atoms. The largest absolute Gasteiger partial charge is 0.368 e. The molecule has 3 aromatic rings. The van der Waals surface area contributed by atoms with Crippen molar-refractivity contribution in [3.8, 4) is 0 Å². The second-order valence-corrected chi connectivity index (χ2v) is 7.14. The number of fused-ring (bicyclic) bond motifs is 1. The number of urea groups is 1. The third-order valence-corrected chi connectivity index (χ3v) is 4.77. The molecular weight excluding hydrogens is 420 g/mol. The van der Waals surface area contributed by atoms with Crippen molar-refractivity contribution < 1.29 is 9.59 Å². The van der Waals surface area contributed by atoms with E-state index in [0.717, 1.165) is 5.56 Å². The Bertz CT molecular complexity index is 1090. The monoisotopic (exact) mass is 442 g/mol. The number of halogens is 1. The molecule has 0 saturated carbocycles. The van der Waals surface area contributed by atoms with E-state index < -0.39 is 18.0 Å². The lowest BCUT2D eigenvalue weighted by Crippen LogP contribution is -2.52. The summed E-state index contributed by atoms with van der Waals surface area (Å²) in [6.45, 7) is 5.75. The standard InChI is InChI=1S/C20H23ClN8O2/c1-3-9-23-18(30)14(26-20(31)25-12(2)13-7-5-4-6-8-13)10-29-11-24-15-16(21)27-19(22)28-17(15)29/h3-8,11-12,14H,1,9-10H2,2H3,(H,23,30)(H2,22,27,28)(H2,25,26,31)/t12-,14+/m1/s1. The number of nitrogens with zero attached hydrogens (tertiary/aromatic N) is 4. The van der Waals surface area contributed by atoms with Gasteiger partial charge in [0.25, 0.3) is 0 Å².